The van der Waals surface area contributed by atoms with Crippen LogP contribution < -0.4 is 5.73 Å². The van der Waals surface area contributed by atoms with Crippen molar-refractivity contribution in [3.8, 4) is 0 Å². The molecule has 0 fully saturated rings. The Hall–Kier alpha value is -3.07. The third-order valence-electron chi connectivity index (χ3n) is 6.22. The molecule has 0 saturated carbocycles. The molecule has 0 bridgehead atoms. The van der Waals surface area contributed by atoms with E-state index in [4.69, 9.17) is 10.9 Å². The average molecular weight is 415 g/mol. The van der Waals surface area contributed by atoms with Gasteiger partial charge in [-0.2, -0.15) is 0 Å². The summed E-state index contributed by atoms with van der Waals surface area (Å²) in [7, 11) is 0. The lowest BCUT2D eigenvalue weighted by atomic mass is 9.76. The fourth-order valence-corrected chi connectivity index (χ4v) is 4.36. The van der Waals surface area contributed by atoms with Crippen LogP contribution in [-0.2, 0) is 0 Å². The number of aryl methyl sites for hydroxylation is 1. The molecule has 0 aliphatic heterocycles. The van der Waals surface area contributed by atoms with Gasteiger partial charge in [0.15, 0.2) is 5.84 Å². The first-order chi connectivity index (χ1) is 14.9. The van der Waals surface area contributed by atoms with Gasteiger partial charge in [0, 0.05) is 5.92 Å². The maximum atomic E-state index is 8.79. The van der Waals surface area contributed by atoms with Crippen molar-refractivity contribution in [1.29, 1.82) is 0 Å². The first-order valence-electron chi connectivity index (χ1n) is 11.2. The van der Waals surface area contributed by atoms with Crippen LogP contribution in [0.5, 0.6) is 0 Å². The van der Waals surface area contributed by atoms with E-state index in [1.165, 1.54) is 33.4 Å². The zero-order chi connectivity index (χ0) is 22.4. The third kappa shape index (κ3) is 5.35. The highest BCUT2D eigenvalue weighted by molar-refractivity contribution is 5.90. The minimum Gasteiger partial charge on any atom is -0.409 e. The predicted octanol–water partition coefficient (Wildman–Crippen LogP) is 6.73. The molecule has 2 aliphatic rings. The minimum absolute atomic E-state index is 0.122. The van der Waals surface area contributed by atoms with Crippen LogP contribution in [0.15, 0.2) is 94.7 Å². The molecule has 0 heterocycles. The number of rotatable bonds is 6. The molecule has 0 radical (unpaired) electrons. The fraction of sp³-hybridized carbons (Fsp3) is 0.321. The number of amidine groups is 1. The van der Waals surface area contributed by atoms with Crippen LogP contribution in [0, 0.1) is 24.7 Å². The zero-order valence-electron chi connectivity index (χ0n) is 19.0. The molecule has 3 atom stereocenters. The first kappa shape index (κ1) is 22.6. The summed E-state index contributed by atoms with van der Waals surface area (Å²) < 4.78 is 0. The molecular formula is C28H34N2O. The van der Waals surface area contributed by atoms with Crippen molar-refractivity contribution in [2.75, 3.05) is 0 Å². The Morgan fingerprint density at radius 3 is 2.58 bits per heavy atom. The normalized spacial score (nSPS) is 24.8. The predicted molar refractivity (Wildman–Crippen MR) is 132 cm³/mol. The quantitative estimate of drug-likeness (QED) is 0.235. The maximum absolute atomic E-state index is 8.79. The van der Waals surface area contributed by atoms with Gasteiger partial charge in [-0.15, -0.1) is 0 Å². The average Bonchev–Trinajstić information content (AvgIpc) is 2.78. The van der Waals surface area contributed by atoms with Crippen molar-refractivity contribution in [2.45, 2.75) is 40.5 Å². The van der Waals surface area contributed by atoms with Crippen molar-refractivity contribution in [3.05, 3.63) is 101 Å². The summed E-state index contributed by atoms with van der Waals surface area (Å²) in [5, 5.41) is 11.8. The van der Waals surface area contributed by atoms with Gasteiger partial charge in [0.2, 0.25) is 0 Å². The van der Waals surface area contributed by atoms with E-state index in [2.05, 4.69) is 93.6 Å². The fourth-order valence-electron chi connectivity index (χ4n) is 4.36. The molecule has 3 nitrogen and oxygen atoms in total. The highest BCUT2D eigenvalue weighted by atomic mass is 16.4. The monoisotopic (exact) mass is 414 g/mol. The first-order valence-corrected chi connectivity index (χ1v) is 11.2. The molecule has 31 heavy (non-hydrogen) atoms. The van der Waals surface area contributed by atoms with Gasteiger partial charge in [0.1, 0.15) is 0 Å². The van der Waals surface area contributed by atoms with Gasteiger partial charge in [-0.25, -0.2) is 0 Å². The van der Waals surface area contributed by atoms with Gasteiger partial charge in [0.05, 0.1) is 0 Å². The number of hydrogen-bond donors (Lipinski definition) is 2. The molecule has 3 N–H and O–H groups in total. The Morgan fingerprint density at radius 1 is 1.23 bits per heavy atom. The van der Waals surface area contributed by atoms with Crippen molar-refractivity contribution < 1.29 is 5.21 Å². The van der Waals surface area contributed by atoms with Gasteiger partial charge in [-0.05, 0) is 65.5 Å². The molecule has 3 rings (SSSR count). The number of oxime groups is 1. The highest BCUT2D eigenvalue weighted by Crippen LogP contribution is 2.40. The summed E-state index contributed by atoms with van der Waals surface area (Å²) in [6, 6.07) is 8.89. The lowest BCUT2D eigenvalue weighted by Crippen LogP contribution is -2.14. The Morgan fingerprint density at radius 2 is 1.97 bits per heavy atom. The van der Waals surface area contributed by atoms with Crippen LogP contribution in [0.3, 0.4) is 0 Å². The van der Waals surface area contributed by atoms with Crippen LogP contribution in [-0.4, -0.2) is 11.0 Å². The summed E-state index contributed by atoms with van der Waals surface area (Å²) >= 11 is 0. The van der Waals surface area contributed by atoms with Crippen molar-refractivity contribution >= 4 is 11.4 Å². The molecule has 162 valence electrons. The standard InChI is InChI=1S/C28H34N2O/c1-5-25(23-12-10-19(2)11-13-23)28(26-9-7-6-8-20(26)3)24-15-14-22(21(4)18-24)16-17-27(29)30-31/h6-7,9-18,20-22,31H,5,8H2,1-4H3,(H2,29,30)/b17-16+,28-25+. The Bertz CT molecular complexity index is 1000. The number of allylic oxidation sites excluding steroid dienone is 11. The van der Waals surface area contributed by atoms with Gasteiger partial charge in [-0.3, -0.25) is 0 Å². The van der Waals surface area contributed by atoms with E-state index in [0.717, 1.165) is 12.8 Å². The molecule has 0 saturated heterocycles. The van der Waals surface area contributed by atoms with Gasteiger partial charge < -0.3 is 10.9 Å². The Balaban J connectivity index is 2.09. The van der Waals surface area contributed by atoms with E-state index in [9.17, 15) is 0 Å². The summed E-state index contributed by atoms with van der Waals surface area (Å²) in [4.78, 5) is 0. The van der Waals surface area contributed by atoms with Gasteiger partial charge >= 0.3 is 0 Å². The van der Waals surface area contributed by atoms with E-state index in [0.29, 0.717) is 11.8 Å². The van der Waals surface area contributed by atoms with Crippen molar-refractivity contribution in [1.82, 2.24) is 0 Å². The lowest BCUT2D eigenvalue weighted by molar-refractivity contribution is 0.319. The van der Waals surface area contributed by atoms with Crippen LogP contribution >= 0.6 is 0 Å². The van der Waals surface area contributed by atoms with Crippen LogP contribution in [0.4, 0.5) is 0 Å². The summed E-state index contributed by atoms with van der Waals surface area (Å²) in [6.45, 7) is 8.92. The second kappa shape index (κ2) is 10.3. The molecule has 0 aromatic heterocycles. The number of benzene rings is 1. The molecule has 2 aliphatic carbocycles. The van der Waals surface area contributed by atoms with Gasteiger partial charge in [-0.1, -0.05) is 98.3 Å². The van der Waals surface area contributed by atoms with Crippen LogP contribution in [0.1, 0.15) is 44.7 Å². The van der Waals surface area contributed by atoms with Crippen molar-refractivity contribution in [3.63, 3.8) is 0 Å². The Kier molecular flexibility index (Phi) is 7.51. The molecule has 3 unspecified atom stereocenters. The van der Waals surface area contributed by atoms with E-state index in [-0.39, 0.29) is 11.8 Å². The smallest absolute Gasteiger partial charge is 0.162 e. The lowest BCUT2D eigenvalue weighted by Gasteiger charge is -2.28. The topological polar surface area (TPSA) is 58.6 Å². The van der Waals surface area contributed by atoms with Crippen LogP contribution in [0.2, 0.25) is 0 Å². The van der Waals surface area contributed by atoms with Gasteiger partial charge in [0.25, 0.3) is 0 Å². The zero-order valence-corrected chi connectivity index (χ0v) is 19.0. The highest BCUT2D eigenvalue weighted by Gasteiger charge is 2.24. The van der Waals surface area contributed by atoms with Crippen molar-refractivity contribution in [2.24, 2.45) is 28.6 Å². The van der Waals surface area contributed by atoms with E-state index in [1.54, 1.807) is 6.08 Å². The second-order valence-corrected chi connectivity index (χ2v) is 8.56. The SMILES string of the molecule is CC/C(=C(/C1=CC(C)C(/C=C/C(N)=N/O)C=C1)C1=CC=CCC1C)c1ccc(C)cc1. The molecule has 0 amide bonds. The maximum Gasteiger partial charge on any atom is 0.162 e. The van der Waals surface area contributed by atoms with E-state index < -0.39 is 0 Å². The minimum atomic E-state index is 0.122. The Labute approximate surface area is 186 Å². The number of nitrogens with two attached hydrogens (primary N) is 1. The van der Waals surface area contributed by atoms with E-state index >= 15 is 0 Å². The second-order valence-electron chi connectivity index (χ2n) is 8.56. The number of hydrogen-bond acceptors (Lipinski definition) is 2. The molecular weight excluding hydrogens is 380 g/mol. The summed E-state index contributed by atoms with van der Waals surface area (Å²) in [6.07, 6.45) is 19.3. The third-order valence-corrected chi connectivity index (χ3v) is 6.22. The van der Waals surface area contributed by atoms with E-state index in [1.807, 2.05) is 6.08 Å². The molecule has 1 aromatic rings. The molecule has 1 aromatic carbocycles. The summed E-state index contributed by atoms with van der Waals surface area (Å²) in [5.41, 5.74) is 13.6. The van der Waals surface area contributed by atoms with Crippen LogP contribution in [0.25, 0.3) is 5.57 Å². The molecule has 3 heteroatoms. The summed E-state index contributed by atoms with van der Waals surface area (Å²) in [5.74, 6) is 1.13. The largest absolute Gasteiger partial charge is 0.409 e. The number of nitrogens with zero attached hydrogens (tertiary/aromatic N) is 1. The molecule has 0 spiro atoms.